The third-order valence-electron chi connectivity index (χ3n) is 4.40. The minimum Gasteiger partial charge on any atom is -0.378 e. The molecule has 0 spiro atoms. The highest BCUT2D eigenvalue weighted by Crippen LogP contribution is 2.17. The van der Waals surface area contributed by atoms with E-state index >= 15 is 0 Å². The van der Waals surface area contributed by atoms with E-state index in [1.165, 1.54) is 11.3 Å². The highest BCUT2D eigenvalue weighted by atomic mass is 35.5. The Balaban J connectivity index is 0.00000192. The van der Waals surface area contributed by atoms with Crippen LogP contribution in [0.5, 0.6) is 0 Å². The van der Waals surface area contributed by atoms with Gasteiger partial charge < -0.3 is 20.3 Å². The largest absolute Gasteiger partial charge is 0.378 e. The Kier molecular flexibility index (Phi) is 7.15. The first-order valence-electron chi connectivity index (χ1n) is 8.26. The van der Waals surface area contributed by atoms with Gasteiger partial charge in [-0.15, -0.1) is 12.4 Å². The van der Waals surface area contributed by atoms with Crippen molar-refractivity contribution in [2.24, 2.45) is 0 Å². The van der Waals surface area contributed by atoms with Gasteiger partial charge in [0.2, 0.25) is 5.91 Å². The normalized spacial score (nSPS) is 22.0. The molecule has 1 aromatic carbocycles. The van der Waals surface area contributed by atoms with E-state index in [1.807, 2.05) is 0 Å². The Hall–Kier alpha value is -1.30. The zero-order valence-electron chi connectivity index (χ0n) is 13.4. The summed E-state index contributed by atoms with van der Waals surface area (Å²) in [6, 6.07) is 8.56. The molecule has 6 heteroatoms. The van der Waals surface area contributed by atoms with Crippen LogP contribution in [-0.2, 0) is 16.1 Å². The van der Waals surface area contributed by atoms with Gasteiger partial charge in [-0.25, -0.2) is 0 Å². The summed E-state index contributed by atoms with van der Waals surface area (Å²) in [4.78, 5) is 14.3. The number of hydrogen-bond donors (Lipinski definition) is 2. The molecule has 2 aliphatic heterocycles. The molecular weight excluding hydrogens is 314 g/mol. The van der Waals surface area contributed by atoms with E-state index < -0.39 is 0 Å². The summed E-state index contributed by atoms with van der Waals surface area (Å²) in [6.45, 7) is 5.08. The lowest BCUT2D eigenvalue weighted by atomic mass is 10.1. The number of morpholine rings is 1. The van der Waals surface area contributed by atoms with Gasteiger partial charge in [-0.2, -0.15) is 0 Å². The standard InChI is InChI=1S/C17H25N3O2.ClH/c21-17-16(3-1-2-8-18-17)19-13-14-4-6-15(7-5-14)20-9-11-22-12-10-20;/h4-7,16,19H,1-3,8-13H2,(H,18,21);1H. The summed E-state index contributed by atoms with van der Waals surface area (Å²) in [7, 11) is 0. The molecule has 2 aliphatic rings. The maximum atomic E-state index is 11.9. The smallest absolute Gasteiger partial charge is 0.237 e. The fourth-order valence-corrected chi connectivity index (χ4v) is 3.02. The van der Waals surface area contributed by atoms with Crippen molar-refractivity contribution in [1.29, 1.82) is 0 Å². The van der Waals surface area contributed by atoms with E-state index in [2.05, 4.69) is 39.8 Å². The first-order chi connectivity index (χ1) is 10.8. The van der Waals surface area contributed by atoms with Gasteiger partial charge in [0.1, 0.15) is 0 Å². The third-order valence-corrected chi connectivity index (χ3v) is 4.40. The van der Waals surface area contributed by atoms with Crippen LogP contribution in [0.4, 0.5) is 5.69 Å². The van der Waals surface area contributed by atoms with Crippen LogP contribution in [0.15, 0.2) is 24.3 Å². The minimum atomic E-state index is -0.0542. The van der Waals surface area contributed by atoms with E-state index in [9.17, 15) is 4.79 Å². The van der Waals surface area contributed by atoms with Gasteiger partial charge in [0.05, 0.1) is 19.3 Å². The van der Waals surface area contributed by atoms with Crippen LogP contribution in [0.25, 0.3) is 0 Å². The lowest BCUT2D eigenvalue weighted by Gasteiger charge is -2.29. The van der Waals surface area contributed by atoms with Crippen molar-refractivity contribution in [2.45, 2.75) is 31.8 Å². The third kappa shape index (κ3) is 5.09. The molecule has 1 unspecified atom stereocenters. The van der Waals surface area contributed by atoms with Crippen LogP contribution < -0.4 is 15.5 Å². The first kappa shape index (κ1) is 18.0. The summed E-state index contributed by atoms with van der Waals surface area (Å²) in [5.74, 6) is 0.141. The van der Waals surface area contributed by atoms with Crippen molar-refractivity contribution < 1.29 is 9.53 Å². The highest BCUT2D eigenvalue weighted by Gasteiger charge is 2.19. The van der Waals surface area contributed by atoms with E-state index in [0.717, 1.165) is 58.7 Å². The fourth-order valence-electron chi connectivity index (χ4n) is 3.02. The van der Waals surface area contributed by atoms with Gasteiger partial charge >= 0.3 is 0 Å². The van der Waals surface area contributed by atoms with Crippen LogP contribution in [-0.4, -0.2) is 44.8 Å². The number of hydrogen-bond acceptors (Lipinski definition) is 4. The van der Waals surface area contributed by atoms with Gasteiger partial charge in [-0.3, -0.25) is 4.79 Å². The number of benzene rings is 1. The minimum absolute atomic E-state index is 0. The SMILES string of the molecule is Cl.O=C1NCCCCC1NCc1ccc(N2CCOCC2)cc1. The van der Waals surface area contributed by atoms with Crippen LogP contribution in [0.3, 0.4) is 0 Å². The molecule has 2 heterocycles. The quantitative estimate of drug-likeness (QED) is 0.876. The molecule has 128 valence electrons. The number of carbonyl (C=O) groups excluding carboxylic acids is 1. The highest BCUT2D eigenvalue weighted by molar-refractivity contribution is 5.85. The maximum Gasteiger partial charge on any atom is 0.237 e. The van der Waals surface area contributed by atoms with E-state index in [0.29, 0.717) is 0 Å². The van der Waals surface area contributed by atoms with Crippen molar-refractivity contribution >= 4 is 24.0 Å². The maximum absolute atomic E-state index is 11.9. The second kappa shape index (κ2) is 9.11. The van der Waals surface area contributed by atoms with Crippen LogP contribution in [0, 0.1) is 0 Å². The van der Waals surface area contributed by atoms with Gasteiger partial charge in [0, 0.05) is 31.9 Å². The molecule has 1 atom stereocenters. The molecule has 5 nitrogen and oxygen atoms in total. The topological polar surface area (TPSA) is 53.6 Å². The molecule has 23 heavy (non-hydrogen) atoms. The van der Waals surface area contributed by atoms with Gasteiger partial charge in [-0.05, 0) is 37.0 Å². The lowest BCUT2D eigenvalue weighted by Crippen LogP contribution is -2.42. The summed E-state index contributed by atoms with van der Waals surface area (Å²) in [5.41, 5.74) is 2.47. The number of nitrogens with zero attached hydrogens (tertiary/aromatic N) is 1. The molecule has 0 bridgehead atoms. The molecular formula is C17H26ClN3O2. The average Bonchev–Trinajstić information content (AvgIpc) is 2.78. The number of rotatable bonds is 4. The summed E-state index contributed by atoms with van der Waals surface area (Å²) in [5, 5.41) is 6.34. The van der Waals surface area contributed by atoms with Crippen molar-refractivity contribution in [3.05, 3.63) is 29.8 Å². The van der Waals surface area contributed by atoms with E-state index in [1.54, 1.807) is 0 Å². The van der Waals surface area contributed by atoms with Crippen LogP contribution in [0.1, 0.15) is 24.8 Å². The number of ether oxygens (including phenoxy) is 1. The Labute approximate surface area is 144 Å². The van der Waals surface area contributed by atoms with Gasteiger partial charge in [-0.1, -0.05) is 12.1 Å². The Bertz CT molecular complexity index is 489. The fraction of sp³-hybridized carbons (Fsp3) is 0.588. The second-order valence-electron chi connectivity index (χ2n) is 5.99. The summed E-state index contributed by atoms with van der Waals surface area (Å²) < 4.78 is 5.38. The lowest BCUT2D eigenvalue weighted by molar-refractivity contribution is -0.122. The van der Waals surface area contributed by atoms with Crippen molar-refractivity contribution in [1.82, 2.24) is 10.6 Å². The van der Waals surface area contributed by atoms with Gasteiger partial charge in [0.15, 0.2) is 0 Å². The van der Waals surface area contributed by atoms with Gasteiger partial charge in [0.25, 0.3) is 0 Å². The van der Waals surface area contributed by atoms with Crippen LogP contribution in [0.2, 0.25) is 0 Å². The van der Waals surface area contributed by atoms with Crippen LogP contribution >= 0.6 is 12.4 Å². The predicted molar refractivity (Wildman–Crippen MR) is 94.2 cm³/mol. The average molecular weight is 340 g/mol. The summed E-state index contributed by atoms with van der Waals surface area (Å²) >= 11 is 0. The van der Waals surface area contributed by atoms with Crippen molar-refractivity contribution in [3.63, 3.8) is 0 Å². The molecule has 3 rings (SSSR count). The number of halogens is 1. The number of nitrogens with one attached hydrogen (secondary N) is 2. The Morgan fingerprint density at radius 3 is 2.65 bits per heavy atom. The number of carbonyl (C=O) groups is 1. The first-order valence-corrected chi connectivity index (χ1v) is 8.26. The molecule has 2 fully saturated rings. The molecule has 2 saturated heterocycles. The zero-order chi connectivity index (χ0) is 15.2. The molecule has 0 aromatic heterocycles. The Morgan fingerprint density at radius 2 is 1.91 bits per heavy atom. The molecule has 1 aromatic rings. The Morgan fingerprint density at radius 1 is 1.17 bits per heavy atom. The van der Waals surface area contributed by atoms with E-state index in [-0.39, 0.29) is 24.4 Å². The van der Waals surface area contributed by atoms with Crippen molar-refractivity contribution in [2.75, 3.05) is 37.7 Å². The molecule has 1 amide bonds. The number of anilines is 1. The molecule has 2 N–H and O–H groups in total. The number of amides is 1. The summed E-state index contributed by atoms with van der Waals surface area (Å²) in [6.07, 6.45) is 3.11. The zero-order valence-corrected chi connectivity index (χ0v) is 14.2. The second-order valence-corrected chi connectivity index (χ2v) is 5.99. The predicted octanol–water partition coefficient (Wildman–Crippen LogP) is 1.70. The van der Waals surface area contributed by atoms with Crippen molar-refractivity contribution in [3.8, 4) is 0 Å². The molecule has 0 radical (unpaired) electrons. The van der Waals surface area contributed by atoms with E-state index in [4.69, 9.17) is 4.74 Å². The monoisotopic (exact) mass is 339 g/mol. The molecule has 0 aliphatic carbocycles. The molecule has 0 saturated carbocycles.